The molecule has 0 N–H and O–H groups in total. The Labute approximate surface area is 156 Å². The van der Waals surface area contributed by atoms with E-state index in [0.29, 0.717) is 0 Å². The van der Waals surface area contributed by atoms with Gasteiger partial charge in [0.1, 0.15) is 16.8 Å². The minimum absolute atomic E-state index is 0.00988. The second-order valence-electron chi connectivity index (χ2n) is 5.62. The summed E-state index contributed by atoms with van der Waals surface area (Å²) in [6, 6.07) is 15.5. The summed E-state index contributed by atoms with van der Waals surface area (Å²) in [5, 5.41) is -0.444. The van der Waals surface area contributed by atoms with Gasteiger partial charge in [-0.2, -0.15) is 0 Å². The topological polar surface area (TPSA) is 80.8 Å². The maximum atomic E-state index is 12.4. The maximum Gasteiger partial charge on any atom is 0.319 e. The summed E-state index contributed by atoms with van der Waals surface area (Å²) in [5.41, 5.74) is 0.145. The summed E-state index contributed by atoms with van der Waals surface area (Å²) in [7, 11) is -3.88. The van der Waals surface area contributed by atoms with Gasteiger partial charge < -0.3 is 4.74 Å². The van der Waals surface area contributed by atoms with Gasteiger partial charge in [-0.05, 0) is 31.2 Å². The van der Waals surface area contributed by atoms with Crippen LogP contribution in [0.2, 0.25) is 0 Å². The van der Waals surface area contributed by atoms with Crippen molar-refractivity contribution in [1.29, 1.82) is 0 Å². The molecule has 2 aromatic carbocycles. The summed E-state index contributed by atoms with van der Waals surface area (Å²) < 4.78 is 30.7. The van der Waals surface area contributed by atoms with Crippen LogP contribution < -0.4 is 0 Å². The highest BCUT2D eigenvalue weighted by molar-refractivity contribution is 8.00. The molecule has 8 heteroatoms. The summed E-state index contributed by atoms with van der Waals surface area (Å²) in [6.07, 6.45) is 0. The number of thioether (sulfide) groups is 1. The molecule has 1 aliphatic heterocycles. The summed E-state index contributed by atoms with van der Waals surface area (Å²) in [6.45, 7) is 1.33. The van der Waals surface area contributed by atoms with Gasteiger partial charge in [0.25, 0.3) is 15.9 Å². The van der Waals surface area contributed by atoms with Gasteiger partial charge in [0, 0.05) is 4.90 Å². The predicted octanol–water partition coefficient (Wildman–Crippen LogP) is 2.56. The van der Waals surface area contributed by atoms with Gasteiger partial charge in [-0.25, -0.2) is 12.7 Å². The van der Waals surface area contributed by atoms with Crippen LogP contribution in [-0.2, 0) is 19.6 Å². The lowest BCUT2D eigenvalue weighted by molar-refractivity contribution is -0.142. The highest BCUT2D eigenvalue weighted by atomic mass is 32.2. The predicted molar refractivity (Wildman–Crippen MR) is 97.4 cm³/mol. The van der Waals surface area contributed by atoms with Crippen LogP contribution in [0.1, 0.15) is 17.3 Å². The minimum Gasteiger partial charge on any atom is -0.463 e. The first-order chi connectivity index (χ1) is 12.4. The molecule has 0 spiro atoms. The lowest BCUT2D eigenvalue weighted by Gasteiger charge is -2.16. The fourth-order valence-electron chi connectivity index (χ4n) is 2.55. The van der Waals surface area contributed by atoms with Crippen LogP contribution in [0.4, 0.5) is 0 Å². The van der Waals surface area contributed by atoms with Gasteiger partial charge >= 0.3 is 5.97 Å². The Bertz CT molecular complexity index is 928. The minimum atomic E-state index is -3.88. The number of nitrogens with zero attached hydrogens (tertiary/aromatic N) is 1. The third kappa shape index (κ3) is 3.61. The zero-order valence-corrected chi connectivity index (χ0v) is 15.6. The second-order valence-corrected chi connectivity index (χ2v) is 8.86. The third-order valence-electron chi connectivity index (χ3n) is 3.84. The first-order valence-corrected chi connectivity index (χ1v) is 10.3. The first kappa shape index (κ1) is 18.5. The van der Waals surface area contributed by atoms with Gasteiger partial charge in [-0.15, -0.1) is 11.8 Å². The van der Waals surface area contributed by atoms with Crippen molar-refractivity contribution in [3.8, 4) is 0 Å². The maximum absolute atomic E-state index is 12.4. The van der Waals surface area contributed by atoms with E-state index in [2.05, 4.69) is 0 Å². The molecule has 2 aromatic rings. The molecule has 1 atom stereocenters. The molecule has 0 aromatic heterocycles. The molecule has 26 heavy (non-hydrogen) atoms. The van der Waals surface area contributed by atoms with Gasteiger partial charge in [0.05, 0.1) is 12.1 Å². The van der Waals surface area contributed by atoms with Crippen LogP contribution >= 0.6 is 11.8 Å². The molecule has 0 radical (unpaired) electrons. The number of amides is 1. The van der Waals surface area contributed by atoms with E-state index < -0.39 is 27.1 Å². The number of fused-ring (bicyclic) bond motifs is 1. The van der Waals surface area contributed by atoms with Crippen molar-refractivity contribution in [1.82, 2.24) is 4.31 Å². The number of rotatable bonds is 6. The molecule has 1 amide bonds. The smallest absolute Gasteiger partial charge is 0.319 e. The highest BCUT2D eigenvalue weighted by Gasteiger charge is 2.40. The normalized spacial score (nSPS) is 16.2. The Morgan fingerprint density at radius 1 is 1.12 bits per heavy atom. The molecule has 1 aliphatic rings. The SMILES string of the molecule is C[C@H](Sc1ccccc1)C(=O)OCCN1C(=O)c2ccccc2S1(=O)=O. The van der Waals surface area contributed by atoms with E-state index in [0.717, 1.165) is 9.20 Å². The van der Waals surface area contributed by atoms with Gasteiger partial charge in [0.2, 0.25) is 0 Å². The van der Waals surface area contributed by atoms with Crippen LogP contribution in [0.15, 0.2) is 64.4 Å². The molecular formula is C18H17NO5S2. The number of sulfonamides is 1. The van der Waals surface area contributed by atoms with Crippen molar-refractivity contribution >= 4 is 33.7 Å². The summed E-state index contributed by atoms with van der Waals surface area (Å²) in [4.78, 5) is 25.3. The number of hydrogen-bond acceptors (Lipinski definition) is 6. The van der Waals surface area contributed by atoms with Gasteiger partial charge in [-0.1, -0.05) is 30.3 Å². The lowest BCUT2D eigenvalue weighted by Crippen LogP contribution is -2.34. The fourth-order valence-corrected chi connectivity index (χ4v) is 4.99. The molecule has 136 valence electrons. The summed E-state index contributed by atoms with van der Waals surface area (Å²) >= 11 is 1.35. The Morgan fingerprint density at radius 3 is 2.46 bits per heavy atom. The first-order valence-electron chi connectivity index (χ1n) is 7.95. The average molecular weight is 391 g/mol. The Balaban J connectivity index is 1.57. The van der Waals surface area contributed by atoms with Crippen LogP contribution in [-0.4, -0.2) is 43.0 Å². The van der Waals surface area contributed by atoms with E-state index in [4.69, 9.17) is 4.74 Å². The van der Waals surface area contributed by atoms with E-state index in [1.165, 1.54) is 23.9 Å². The van der Waals surface area contributed by atoms with Crippen molar-refractivity contribution in [2.24, 2.45) is 0 Å². The van der Waals surface area contributed by atoms with Crippen molar-refractivity contribution in [2.75, 3.05) is 13.2 Å². The lowest BCUT2D eigenvalue weighted by atomic mass is 10.2. The Kier molecular flexibility index (Phi) is 5.33. The zero-order chi connectivity index (χ0) is 18.7. The summed E-state index contributed by atoms with van der Waals surface area (Å²) in [5.74, 6) is -1.05. The third-order valence-corrected chi connectivity index (χ3v) is 6.77. The van der Waals surface area contributed by atoms with Crippen molar-refractivity contribution in [3.63, 3.8) is 0 Å². The van der Waals surface area contributed by atoms with Gasteiger partial charge in [0.15, 0.2) is 0 Å². The quantitative estimate of drug-likeness (QED) is 0.556. The van der Waals surface area contributed by atoms with Crippen LogP contribution in [0.3, 0.4) is 0 Å². The van der Waals surface area contributed by atoms with Crippen molar-refractivity contribution in [3.05, 3.63) is 60.2 Å². The molecule has 1 heterocycles. The highest BCUT2D eigenvalue weighted by Crippen LogP contribution is 2.29. The Morgan fingerprint density at radius 2 is 1.77 bits per heavy atom. The van der Waals surface area contributed by atoms with Crippen LogP contribution in [0, 0.1) is 0 Å². The monoisotopic (exact) mass is 391 g/mol. The number of esters is 1. The largest absolute Gasteiger partial charge is 0.463 e. The van der Waals surface area contributed by atoms with E-state index in [9.17, 15) is 18.0 Å². The number of ether oxygens (including phenoxy) is 1. The van der Waals surface area contributed by atoms with Crippen molar-refractivity contribution in [2.45, 2.75) is 22.0 Å². The van der Waals surface area contributed by atoms with Crippen LogP contribution in [0.5, 0.6) is 0 Å². The molecule has 0 aliphatic carbocycles. The van der Waals surface area contributed by atoms with E-state index in [-0.39, 0.29) is 23.6 Å². The fraction of sp³-hybridized carbons (Fsp3) is 0.222. The molecule has 0 saturated carbocycles. The molecule has 0 unspecified atom stereocenters. The molecule has 0 saturated heterocycles. The van der Waals surface area contributed by atoms with Crippen molar-refractivity contribution < 1.29 is 22.7 Å². The van der Waals surface area contributed by atoms with E-state index in [1.54, 1.807) is 19.1 Å². The number of carbonyl (C=O) groups is 2. The van der Waals surface area contributed by atoms with Crippen LogP contribution in [0.25, 0.3) is 0 Å². The molecule has 3 rings (SSSR count). The van der Waals surface area contributed by atoms with E-state index >= 15 is 0 Å². The second kappa shape index (κ2) is 7.51. The molecule has 6 nitrogen and oxygen atoms in total. The van der Waals surface area contributed by atoms with E-state index in [1.807, 2.05) is 30.3 Å². The zero-order valence-electron chi connectivity index (χ0n) is 14.0. The molecule has 0 fully saturated rings. The number of hydrogen-bond donors (Lipinski definition) is 0. The molecular weight excluding hydrogens is 374 g/mol. The molecule has 0 bridgehead atoms. The average Bonchev–Trinajstić information content (AvgIpc) is 2.83. The number of benzene rings is 2. The standard InChI is InChI=1S/C18H17NO5S2/c1-13(25-14-7-3-2-4-8-14)18(21)24-12-11-19-17(20)15-9-5-6-10-16(15)26(19,22)23/h2-10,13H,11-12H2,1H3/t13-/m0/s1. The Hall–Kier alpha value is -2.32. The number of carbonyl (C=O) groups excluding carboxylic acids is 2. The van der Waals surface area contributed by atoms with Gasteiger partial charge in [-0.3, -0.25) is 9.59 Å².